The lowest BCUT2D eigenvalue weighted by molar-refractivity contribution is 0.506. The van der Waals surface area contributed by atoms with Crippen LogP contribution in [0, 0.1) is 5.92 Å². The molecule has 6 heteroatoms. The molecule has 3 nitrogen and oxygen atoms in total. The Balaban J connectivity index is 2.07. The molecule has 1 aromatic heterocycles. The molecular weight excluding hydrogens is 290 g/mol. The van der Waals surface area contributed by atoms with E-state index >= 15 is 0 Å². The van der Waals surface area contributed by atoms with E-state index in [1.807, 2.05) is 18.4 Å². The Bertz CT molecular complexity index is 498. The number of fused-ring (bicyclic) bond motifs is 1. The number of halogens is 1. The van der Waals surface area contributed by atoms with Gasteiger partial charge in [-0.3, -0.25) is 0 Å². The molecule has 0 saturated carbocycles. The molecule has 2 unspecified atom stereocenters. The molecule has 0 aliphatic heterocycles. The quantitative estimate of drug-likeness (QED) is 0.850. The smallest absolute Gasteiger partial charge is 0.212 e. The van der Waals surface area contributed by atoms with Crippen molar-refractivity contribution in [1.29, 1.82) is 0 Å². The molecule has 0 spiro atoms. The van der Waals surface area contributed by atoms with Gasteiger partial charge in [0.05, 0.1) is 5.75 Å². The summed E-state index contributed by atoms with van der Waals surface area (Å²) in [5.74, 6) is 0.455. The molecule has 2 rings (SSSR count). The molecule has 0 fully saturated rings. The van der Waals surface area contributed by atoms with E-state index in [1.165, 1.54) is 4.88 Å². The van der Waals surface area contributed by atoms with Crippen LogP contribution in [0.2, 0.25) is 0 Å². The molecule has 0 radical (unpaired) electrons. The first kappa shape index (κ1) is 14.3. The largest absolute Gasteiger partial charge is 0.212 e. The predicted molar refractivity (Wildman–Crippen MR) is 76.8 cm³/mol. The second-order valence-corrected chi connectivity index (χ2v) is 8.01. The lowest BCUT2D eigenvalue weighted by atomic mass is 9.95. The van der Waals surface area contributed by atoms with Crippen molar-refractivity contribution in [3.8, 4) is 0 Å². The summed E-state index contributed by atoms with van der Waals surface area (Å²) >= 11 is 7.39. The molecule has 0 bridgehead atoms. The third-order valence-corrected chi connectivity index (χ3v) is 6.32. The topological polar surface area (TPSA) is 46.2 Å². The number of hydrogen-bond donors (Lipinski definition) is 1. The number of aryl methyl sites for hydroxylation is 1. The second-order valence-electron chi connectivity index (χ2n) is 4.90. The van der Waals surface area contributed by atoms with E-state index in [-0.39, 0.29) is 17.7 Å². The van der Waals surface area contributed by atoms with Gasteiger partial charge in [0.15, 0.2) is 0 Å². The van der Waals surface area contributed by atoms with Gasteiger partial charge in [-0.05, 0) is 42.2 Å². The van der Waals surface area contributed by atoms with Crippen LogP contribution in [0.4, 0.5) is 0 Å². The minimum atomic E-state index is -3.24. The fraction of sp³-hybridized carbons (Fsp3) is 0.667. The van der Waals surface area contributed by atoms with Crippen molar-refractivity contribution in [2.24, 2.45) is 5.92 Å². The van der Waals surface area contributed by atoms with E-state index in [4.69, 9.17) is 11.6 Å². The highest BCUT2D eigenvalue weighted by molar-refractivity contribution is 7.89. The number of hydrogen-bond acceptors (Lipinski definition) is 3. The van der Waals surface area contributed by atoms with E-state index in [2.05, 4.69) is 4.72 Å². The molecule has 0 aromatic carbocycles. The zero-order valence-electron chi connectivity index (χ0n) is 10.4. The Morgan fingerprint density at radius 2 is 2.39 bits per heavy atom. The highest BCUT2D eigenvalue weighted by Gasteiger charge is 2.26. The molecule has 1 aliphatic rings. The van der Waals surface area contributed by atoms with Gasteiger partial charge < -0.3 is 0 Å². The summed E-state index contributed by atoms with van der Waals surface area (Å²) in [7, 11) is -3.24. The highest BCUT2D eigenvalue weighted by Crippen LogP contribution is 2.33. The van der Waals surface area contributed by atoms with E-state index in [0.29, 0.717) is 5.88 Å². The van der Waals surface area contributed by atoms with Gasteiger partial charge in [-0.15, -0.1) is 22.9 Å². The van der Waals surface area contributed by atoms with Crippen LogP contribution in [0.1, 0.15) is 36.2 Å². The molecule has 18 heavy (non-hydrogen) atoms. The Morgan fingerprint density at radius 1 is 1.61 bits per heavy atom. The second kappa shape index (κ2) is 5.90. The molecule has 0 amide bonds. The van der Waals surface area contributed by atoms with Crippen LogP contribution in [0.25, 0.3) is 0 Å². The van der Waals surface area contributed by atoms with Crippen molar-refractivity contribution >= 4 is 33.0 Å². The van der Waals surface area contributed by atoms with Gasteiger partial charge in [0.25, 0.3) is 0 Å². The van der Waals surface area contributed by atoms with E-state index < -0.39 is 10.0 Å². The standard InChI is InChI=1S/C12H18ClNO2S2/c1-9(7-13)8-18(15,16)14-11-3-2-4-12-10(11)5-6-17-12/h5-6,9,11,14H,2-4,7-8H2,1H3. The van der Waals surface area contributed by atoms with E-state index in [1.54, 1.807) is 11.3 Å². The molecule has 1 N–H and O–H groups in total. The van der Waals surface area contributed by atoms with Crippen LogP contribution in [-0.2, 0) is 16.4 Å². The van der Waals surface area contributed by atoms with Crippen LogP contribution in [0.15, 0.2) is 11.4 Å². The maximum atomic E-state index is 12.0. The van der Waals surface area contributed by atoms with Gasteiger partial charge in [-0.1, -0.05) is 6.92 Å². The van der Waals surface area contributed by atoms with E-state index in [0.717, 1.165) is 24.8 Å². The molecule has 2 atom stereocenters. The average Bonchev–Trinajstić information content (AvgIpc) is 2.77. The summed E-state index contributed by atoms with van der Waals surface area (Å²) in [5, 5.41) is 2.04. The highest BCUT2D eigenvalue weighted by atomic mass is 35.5. The monoisotopic (exact) mass is 307 g/mol. The van der Waals surface area contributed by atoms with Gasteiger partial charge in [-0.25, -0.2) is 13.1 Å². The molecule has 0 saturated heterocycles. The Hall–Kier alpha value is -0.100. The maximum absolute atomic E-state index is 12.0. The number of thiophene rings is 1. The summed E-state index contributed by atoms with van der Waals surface area (Å²) in [5.41, 5.74) is 1.16. The predicted octanol–water partition coefficient (Wildman–Crippen LogP) is 2.92. The van der Waals surface area contributed by atoms with Gasteiger partial charge in [-0.2, -0.15) is 0 Å². The number of sulfonamides is 1. The molecular formula is C12H18ClNO2S2. The maximum Gasteiger partial charge on any atom is 0.212 e. The zero-order chi connectivity index (χ0) is 13.2. The normalized spacial score (nSPS) is 21.6. The van der Waals surface area contributed by atoms with Gasteiger partial charge in [0.1, 0.15) is 0 Å². The van der Waals surface area contributed by atoms with Crippen molar-refractivity contribution in [3.63, 3.8) is 0 Å². The summed E-state index contributed by atoms with van der Waals surface area (Å²) in [6.45, 7) is 1.85. The summed E-state index contributed by atoms with van der Waals surface area (Å²) < 4.78 is 26.9. The molecule has 1 heterocycles. The molecule has 102 valence electrons. The van der Waals surface area contributed by atoms with Crippen molar-refractivity contribution in [1.82, 2.24) is 4.72 Å². The Kier molecular flexibility index (Phi) is 4.69. The van der Waals surface area contributed by atoms with Crippen LogP contribution in [0.5, 0.6) is 0 Å². The Morgan fingerprint density at radius 3 is 3.11 bits per heavy atom. The summed E-state index contributed by atoms with van der Waals surface area (Å²) in [6, 6.07) is 1.99. The third kappa shape index (κ3) is 3.47. The van der Waals surface area contributed by atoms with Crippen LogP contribution in [-0.4, -0.2) is 20.1 Å². The summed E-state index contributed by atoms with van der Waals surface area (Å²) in [6.07, 6.45) is 3.01. The van der Waals surface area contributed by atoms with Crippen molar-refractivity contribution in [2.45, 2.75) is 32.2 Å². The lowest BCUT2D eigenvalue weighted by Gasteiger charge is -2.24. The van der Waals surface area contributed by atoms with Gasteiger partial charge in [0.2, 0.25) is 10.0 Å². The van der Waals surface area contributed by atoms with Crippen LogP contribution < -0.4 is 4.72 Å². The van der Waals surface area contributed by atoms with Crippen LogP contribution >= 0.6 is 22.9 Å². The zero-order valence-corrected chi connectivity index (χ0v) is 12.7. The van der Waals surface area contributed by atoms with Crippen LogP contribution in [0.3, 0.4) is 0 Å². The Labute approximate surface area is 118 Å². The average molecular weight is 308 g/mol. The first-order valence-electron chi connectivity index (χ1n) is 6.14. The summed E-state index contributed by atoms with van der Waals surface area (Å²) in [4.78, 5) is 1.32. The lowest BCUT2D eigenvalue weighted by Crippen LogP contribution is -2.34. The van der Waals surface area contributed by atoms with Crippen molar-refractivity contribution < 1.29 is 8.42 Å². The van der Waals surface area contributed by atoms with E-state index in [9.17, 15) is 8.42 Å². The van der Waals surface area contributed by atoms with Gasteiger partial charge in [0, 0.05) is 16.8 Å². The first-order valence-corrected chi connectivity index (χ1v) is 9.20. The van der Waals surface area contributed by atoms with Crippen molar-refractivity contribution in [3.05, 3.63) is 21.9 Å². The number of alkyl halides is 1. The minimum absolute atomic E-state index is 0.0188. The number of rotatable bonds is 5. The third-order valence-electron chi connectivity index (χ3n) is 3.14. The SMILES string of the molecule is CC(CCl)CS(=O)(=O)NC1CCCc2sccc21. The molecule has 1 aromatic rings. The number of nitrogens with one attached hydrogen (secondary N) is 1. The van der Waals surface area contributed by atoms with Crippen molar-refractivity contribution in [2.75, 3.05) is 11.6 Å². The fourth-order valence-electron chi connectivity index (χ4n) is 2.29. The van der Waals surface area contributed by atoms with Gasteiger partial charge >= 0.3 is 0 Å². The first-order chi connectivity index (χ1) is 8.52. The fourth-order valence-corrected chi connectivity index (χ4v) is 5.16. The molecule has 1 aliphatic carbocycles. The minimum Gasteiger partial charge on any atom is -0.212 e.